The van der Waals surface area contributed by atoms with Crippen molar-refractivity contribution < 1.29 is 9.13 Å². The van der Waals surface area contributed by atoms with Crippen molar-refractivity contribution in [2.45, 2.75) is 39.0 Å². The van der Waals surface area contributed by atoms with Gasteiger partial charge >= 0.3 is 0 Å². The fourth-order valence-corrected chi connectivity index (χ4v) is 3.65. The summed E-state index contributed by atoms with van der Waals surface area (Å²) < 4.78 is 18.8. The highest BCUT2D eigenvalue weighted by molar-refractivity contribution is 6.31. The van der Waals surface area contributed by atoms with E-state index >= 15 is 0 Å². The Balaban J connectivity index is 1.44. The summed E-state index contributed by atoms with van der Waals surface area (Å²) in [5.41, 5.74) is 2.01. The van der Waals surface area contributed by atoms with Gasteiger partial charge in [-0.2, -0.15) is 0 Å². The van der Waals surface area contributed by atoms with Crippen LogP contribution in [-0.2, 0) is 13.2 Å². The molecule has 1 heterocycles. The van der Waals surface area contributed by atoms with Crippen LogP contribution in [0.2, 0.25) is 5.02 Å². The van der Waals surface area contributed by atoms with Crippen LogP contribution in [0.1, 0.15) is 30.9 Å². The van der Waals surface area contributed by atoms with Gasteiger partial charge in [-0.25, -0.2) is 4.39 Å². The number of likely N-dealkylation sites (tertiary alicyclic amines) is 1. The van der Waals surface area contributed by atoms with Crippen LogP contribution in [-0.4, -0.2) is 30.6 Å². The number of benzene rings is 2. The van der Waals surface area contributed by atoms with E-state index < -0.39 is 0 Å². The molecule has 1 aliphatic rings. The molecule has 1 N–H and O–H groups in total. The summed E-state index contributed by atoms with van der Waals surface area (Å²) in [5.74, 6) is 0.442. The number of likely N-dealkylation sites (N-methyl/N-ethyl adjacent to an activating group) is 1. The molecule has 2 aromatic carbocycles. The number of nitrogens with zero attached hydrogens (tertiary/aromatic N) is 1. The second-order valence-electron chi connectivity index (χ2n) is 6.72. The van der Waals surface area contributed by atoms with Crippen molar-refractivity contribution in [1.82, 2.24) is 10.2 Å². The van der Waals surface area contributed by atoms with Gasteiger partial charge in [-0.1, -0.05) is 36.7 Å². The van der Waals surface area contributed by atoms with E-state index in [1.807, 2.05) is 12.1 Å². The molecule has 1 atom stereocenters. The number of ether oxygens (including phenoxy) is 1. The Labute approximate surface area is 160 Å². The van der Waals surface area contributed by atoms with Crippen molar-refractivity contribution >= 4 is 11.6 Å². The second kappa shape index (κ2) is 9.36. The van der Waals surface area contributed by atoms with E-state index in [-0.39, 0.29) is 5.82 Å². The number of halogens is 2. The quantitative estimate of drug-likeness (QED) is 0.726. The first-order chi connectivity index (χ1) is 12.7. The van der Waals surface area contributed by atoms with Crippen molar-refractivity contribution in [1.29, 1.82) is 0 Å². The van der Waals surface area contributed by atoms with Crippen molar-refractivity contribution in [3.05, 3.63) is 64.4 Å². The molecule has 1 aliphatic heterocycles. The zero-order valence-corrected chi connectivity index (χ0v) is 15.9. The van der Waals surface area contributed by atoms with Crippen LogP contribution in [0.15, 0.2) is 42.5 Å². The van der Waals surface area contributed by atoms with E-state index in [0.29, 0.717) is 17.7 Å². The molecule has 0 bridgehead atoms. The van der Waals surface area contributed by atoms with Gasteiger partial charge in [0.05, 0.1) is 5.02 Å². The summed E-state index contributed by atoms with van der Waals surface area (Å²) in [7, 11) is 0. The predicted molar refractivity (Wildman–Crippen MR) is 104 cm³/mol. The molecule has 0 unspecified atom stereocenters. The maximum Gasteiger partial charge on any atom is 0.124 e. The standard InChI is InChI=1S/C21H26ClFN2O/c1-2-25-11-3-4-19(25)14-24-13-16-5-9-20(10-6-16)26-15-17-7-8-18(23)12-21(17)22/h5-10,12,19,24H,2-4,11,13-15H2,1H3/t19-/m0/s1. The third-order valence-electron chi connectivity index (χ3n) is 4.95. The molecular formula is C21H26ClFN2O. The number of rotatable bonds is 8. The maximum absolute atomic E-state index is 13.1. The predicted octanol–water partition coefficient (Wildman–Crippen LogP) is 4.63. The summed E-state index contributed by atoms with van der Waals surface area (Å²) in [4.78, 5) is 2.55. The van der Waals surface area contributed by atoms with E-state index in [9.17, 15) is 4.39 Å². The molecule has 0 saturated carbocycles. The molecule has 1 fully saturated rings. The summed E-state index contributed by atoms with van der Waals surface area (Å²) in [6, 6.07) is 13.1. The molecule has 3 nitrogen and oxygen atoms in total. The molecular weight excluding hydrogens is 351 g/mol. The maximum atomic E-state index is 13.1. The summed E-state index contributed by atoms with van der Waals surface area (Å²) >= 11 is 6.02. The molecule has 2 aromatic rings. The van der Waals surface area contributed by atoms with Gasteiger partial charge in [0.2, 0.25) is 0 Å². The molecule has 140 valence electrons. The lowest BCUT2D eigenvalue weighted by molar-refractivity contribution is 0.260. The first-order valence-electron chi connectivity index (χ1n) is 9.26. The van der Waals surface area contributed by atoms with Gasteiger partial charge in [0.1, 0.15) is 18.2 Å². The highest BCUT2D eigenvalue weighted by Gasteiger charge is 2.21. The van der Waals surface area contributed by atoms with Gasteiger partial charge in [-0.05, 0) is 55.8 Å². The normalized spacial score (nSPS) is 17.6. The van der Waals surface area contributed by atoms with Crippen LogP contribution in [0.5, 0.6) is 5.75 Å². The van der Waals surface area contributed by atoms with Crippen LogP contribution in [0, 0.1) is 5.82 Å². The lowest BCUT2D eigenvalue weighted by atomic mass is 10.2. The average molecular weight is 377 g/mol. The summed E-state index contributed by atoms with van der Waals surface area (Å²) in [5, 5.41) is 3.95. The molecule has 0 spiro atoms. The van der Waals surface area contributed by atoms with E-state index in [0.717, 1.165) is 30.9 Å². The van der Waals surface area contributed by atoms with E-state index in [1.54, 1.807) is 6.07 Å². The van der Waals surface area contributed by atoms with Crippen molar-refractivity contribution in [2.24, 2.45) is 0 Å². The highest BCUT2D eigenvalue weighted by Crippen LogP contribution is 2.20. The minimum Gasteiger partial charge on any atom is -0.489 e. The third-order valence-corrected chi connectivity index (χ3v) is 5.30. The SMILES string of the molecule is CCN1CCC[C@H]1CNCc1ccc(OCc2ccc(F)cc2Cl)cc1. The molecule has 0 radical (unpaired) electrons. The van der Waals surface area contributed by atoms with E-state index in [1.165, 1.54) is 37.1 Å². The zero-order valence-electron chi connectivity index (χ0n) is 15.2. The molecule has 5 heteroatoms. The lowest BCUT2D eigenvalue weighted by Gasteiger charge is -2.23. The van der Waals surface area contributed by atoms with Crippen molar-refractivity contribution in [2.75, 3.05) is 19.6 Å². The molecule has 1 saturated heterocycles. The van der Waals surface area contributed by atoms with E-state index in [2.05, 4.69) is 29.3 Å². The van der Waals surface area contributed by atoms with Crippen LogP contribution in [0.3, 0.4) is 0 Å². The van der Waals surface area contributed by atoms with Gasteiger partial charge in [0, 0.05) is 24.7 Å². The minimum atomic E-state index is -0.338. The van der Waals surface area contributed by atoms with Gasteiger partial charge < -0.3 is 10.1 Å². The second-order valence-corrected chi connectivity index (χ2v) is 7.13. The third kappa shape index (κ3) is 5.19. The summed E-state index contributed by atoms with van der Waals surface area (Å²) in [6.07, 6.45) is 2.60. The fraction of sp³-hybridized carbons (Fsp3) is 0.429. The topological polar surface area (TPSA) is 24.5 Å². The Bertz CT molecular complexity index is 708. The van der Waals surface area contributed by atoms with Crippen LogP contribution in [0.25, 0.3) is 0 Å². The smallest absolute Gasteiger partial charge is 0.124 e. The highest BCUT2D eigenvalue weighted by atomic mass is 35.5. The Morgan fingerprint density at radius 1 is 1.23 bits per heavy atom. The Morgan fingerprint density at radius 2 is 2.04 bits per heavy atom. The largest absolute Gasteiger partial charge is 0.489 e. The number of nitrogens with one attached hydrogen (secondary N) is 1. The molecule has 0 aliphatic carbocycles. The monoisotopic (exact) mass is 376 g/mol. The van der Waals surface area contributed by atoms with Crippen LogP contribution < -0.4 is 10.1 Å². The van der Waals surface area contributed by atoms with Gasteiger partial charge in [-0.15, -0.1) is 0 Å². The van der Waals surface area contributed by atoms with Gasteiger partial charge in [-0.3, -0.25) is 4.90 Å². The van der Waals surface area contributed by atoms with Crippen LogP contribution >= 0.6 is 11.6 Å². The molecule has 26 heavy (non-hydrogen) atoms. The Kier molecular flexibility index (Phi) is 6.89. The average Bonchev–Trinajstić information content (AvgIpc) is 3.10. The molecule has 0 aromatic heterocycles. The Morgan fingerprint density at radius 3 is 2.77 bits per heavy atom. The van der Waals surface area contributed by atoms with Gasteiger partial charge in [0.15, 0.2) is 0 Å². The minimum absolute atomic E-state index is 0.325. The van der Waals surface area contributed by atoms with Crippen molar-refractivity contribution in [3.63, 3.8) is 0 Å². The number of hydrogen-bond donors (Lipinski definition) is 1. The van der Waals surface area contributed by atoms with Gasteiger partial charge in [0.25, 0.3) is 0 Å². The van der Waals surface area contributed by atoms with Crippen LogP contribution in [0.4, 0.5) is 4.39 Å². The lowest BCUT2D eigenvalue weighted by Crippen LogP contribution is -2.37. The zero-order chi connectivity index (χ0) is 18.4. The van der Waals surface area contributed by atoms with Crippen molar-refractivity contribution in [3.8, 4) is 5.75 Å². The first-order valence-corrected chi connectivity index (χ1v) is 9.64. The van der Waals surface area contributed by atoms with E-state index in [4.69, 9.17) is 16.3 Å². The first kappa shape index (κ1) is 19.2. The summed E-state index contributed by atoms with van der Waals surface area (Å²) in [6.45, 7) is 6.82. The number of hydrogen-bond acceptors (Lipinski definition) is 3. The molecule has 0 amide bonds. The molecule has 3 rings (SSSR count). The fourth-order valence-electron chi connectivity index (χ4n) is 3.43. The Hall–Kier alpha value is -1.62.